The van der Waals surface area contributed by atoms with Gasteiger partial charge in [0.1, 0.15) is 11.5 Å². The fourth-order valence-corrected chi connectivity index (χ4v) is 4.59. The van der Waals surface area contributed by atoms with Gasteiger partial charge in [-0.1, -0.05) is 18.2 Å². The van der Waals surface area contributed by atoms with Crippen molar-refractivity contribution in [1.82, 2.24) is 9.80 Å². The van der Waals surface area contributed by atoms with Crippen LogP contribution in [0.15, 0.2) is 48.5 Å². The lowest BCUT2D eigenvalue weighted by Gasteiger charge is -2.33. The summed E-state index contributed by atoms with van der Waals surface area (Å²) < 4.78 is 11.4. The van der Waals surface area contributed by atoms with Crippen LogP contribution in [0.4, 0.5) is 0 Å². The molecule has 2 aliphatic heterocycles. The molecule has 6 heteroatoms. The highest BCUT2D eigenvalue weighted by Gasteiger charge is 2.26. The van der Waals surface area contributed by atoms with E-state index in [9.17, 15) is 9.59 Å². The van der Waals surface area contributed by atoms with Crippen LogP contribution in [-0.4, -0.2) is 61.5 Å². The molecule has 32 heavy (non-hydrogen) atoms. The number of likely N-dealkylation sites (tertiary alicyclic amines) is 2. The summed E-state index contributed by atoms with van der Waals surface area (Å²) in [5.41, 5.74) is 1.28. The summed E-state index contributed by atoms with van der Waals surface area (Å²) in [6.45, 7) is 3.59. The first kappa shape index (κ1) is 22.2. The standard InChI is InChI=1S/C26H32N2O4/c1-31-24-13-4-3-12-23(24)26(30)28-16-8-9-20(18-28)19-32-22-11-7-10-21(17-22)25(29)27-14-5-2-6-15-27/h3-4,7,10-13,17,20H,2,5-6,8-9,14-16,18-19H2,1H3/t20-/m1/s1. The summed E-state index contributed by atoms with van der Waals surface area (Å²) in [6, 6.07) is 14.8. The molecule has 2 fully saturated rings. The first-order valence-electron chi connectivity index (χ1n) is 11.6. The van der Waals surface area contributed by atoms with Gasteiger partial charge in [0, 0.05) is 37.7 Å². The predicted molar refractivity (Wildman–Crippen MR) is 123 cm³/mol. The molecule has 2 saturated heterocycles. The maximum Gasteiger partial charge on any atom is 0.257 e. The minimum Gasteiger partial charge on any atom is -0.496 e. The molecule has 0 N–H and O–H groups in total. The van der Waals surface area contributed by atoms with Crippen LogP contribution >= 0.6 is 0 Å². The maximum absolute atomic E-state index is 13.0. The minimum atomic E-state index is 0.00118. The molecule has 0 radical (unpaired) electrons. The fourth-order valence-electron chi connectivity index (χ4n) is 4.59. The second kappa shape index (κ2) is 10.5. The van der Waals surface area contributed by atoms with Crippen molar-refractivity contribution >= 4 is 11.8 Å². The van der Waals surface area contributed by atoms with E-state index in [2.05, 4.69) is 0 Å². The number of para-hydroxylation sites is 1. The number of carbonyl (C=O) groups is 2. The molecular weight excluding hydrogens is 404 g/mol. The fraction of sp³-hybridized carbons (Fsp3) is 0.462. The summed E-state index contributed by atoms with van der Waals surface area (Å²) >= 11 is 0. The van der Waals surface area contributed by atoms with Crippen LogP contribution in [0.25, 0.3) is 0 Å². The van der Waals surface area contributed by atoms with E-state index >= 15 is 0 Å². The van der Waals surface area contributed by atoms with E-state index in [-0.39, 0.29) is 17.7 Å². The topological polar surface area (TPSA) is 59.1 Å². The molecule has 6 nitrogen and oxygen atoms in total. The number of benzene rings is 2. The third-order valence-corrected chi connectivity index (χ3v) is 6.35. The van der Waals surface area contributed by atoms with Gasteiger partial charge >= 0.3 is 0 Å². The first-order chi connectivity index (χ1) is 15.7. The number of hydrogen-bond acceptors (Lipinski definition) is 4. The van der Waals surface area contributed by atoms with Crippen LogP contribution < -0.4 is 9.47 Å². The zero-order valence-corrected chi connectivity index (χ0v) is 18.8. The highest BCUT2D eigenvalue weighted by atomic mass is 16.5. The molecular formula is C26H32N2O4. The highest BCUT2D eigenvalue weighted by molar-refractivity contribution is 5.97. The number of ether oxygens (including phenoxy) is 2. The Morgan fingerprint density at radius 3 is 2.50 bits per heavy atom. The molecule has 0 saturated carbocycles. The number of rotatable bonds is 6. The smallest absolute Gasteiger partial charge is 0.257 e. The van der Waals surface area contributed by atoms with E-state index in [4.69, 9.17) is 9.47 Å². The molecule has 1 atom stereocenters. The van der Waals surface area contributed by atoms with Crippen LogP contribution in [0, 0.1) is 5.92 Å². The summed E-state index contributed by atoms with van der Waals surface area (Å²) in [5, 5.41) is 0. The average Bonchev–Trinajstić information content (AvgIpc) is 2.87. The molecule has 2 aromatic carbocycles. The monoisotopic (exact) mass is 436 g/mol. The second-order valence-corrected chi connectivity index (χ2v) is 8.65. The van der Waals surface area contributed by atoms with Crippen LogP contribution in [0.3, 0.4) is 0 Å². The van der Waals surface area contributed by atoms with Crippen LogP contribution in [0.5, 0.6) is 11.5 Å². The van der Waals surface area contributed by atoms with E-state index in [0.29, 0.717) is 35.8 Å². The minimum absolute atomic E-state index is 0.00118. The number of nitrogens with zero attached hydrogens (tertiary/aromatic N) is 2. The Kier molecular flexibility index (Phi) is 7.30. The van der Waals surface area contributed by atoms with Crippen molar-refractivity contribution in [3.8, 4) is 11.5 Å². The van der Waals surface area contributed by atoms with Crippen LogP contribution in [0.1, 0.15) is 52.8 Å². The molecule has 0 bridgehead atoms. The largest absolute Gasteiger partial charge is 0.496 e. The van der Waals surface area contributed by atoms with Crippen molar-refractivity contribution in [3.05, 3.63) is 59.7 Å². The maximum atomic E-state index is 13.0. The van der Waals surface area contributed by atoms with Gasteiger partial charge in [-0.05, 0) is 62.4 Å². The SMILES string of the molecule is COc1ccccc1C(=O)N1CCC[C@@H](COc2cccc(C(=O)N3CCCCC3)c2)C1. The van der Waals surface area contributed by atoms with Crippen LogP contribution in [0.2, 0.25) is 0 Å². The van der Waals surface area contributed by atoms with Gasteiger partial charge in [-0.2, -0.15) is 0 Å². The van der Waals surface area contributed by atoms with Gasteiger partial charge in [0.25, 0.3) is 11.8 Å². The van der Waals surface area contributed by atoms with E-state index < -0.39 is 0 Å². The van der Waals surface area contributed by atoms with Gasteiger partial charge in [-0.3, -0.25) is 9.59 Å². The molecule has 2 amide bonds. The molecule has 0 spiro atoms. The lowest BCUT2D eigenvalue weighted by atomic mass is 9.98. The Morgan fingerprint density at radius 2 is 1.69 bits per heavy atom. The lowest BCUT2D eigenvalue weighted by Crippen LogP contribution is -2.41. The average molecular weight is 437 g/mol. The van der Waals surface area contributed by atoms with Gasteiger partial charge in [-0.15, -0.1) is 0 Å². The zero-order chi connectivity index (χ0) is 22.3. The number of piperidine rings is 2. The molecule has 0 unspecified atom stereocenters. The number of amides is 2. The Balaban J connectivity index is 1.35. The Labute approximate surface area is 190 Å². The van der Waals surface area contributed by atoms with E-state index in [0.717, 1.165) is 45.3 Å². The Hall–Kier alpha value is -3.02. The summed E-state index contributed by atoms with van der Waals surface area (Å²) in [4.78, 5) is 29.6. The third-order valence-electron chi connectivity index (χ3n) is 6.35. The molecule has 0 aromatic heterocycles. The summed E-state index contributed by atoms with van der Waals surface area (Å²) in [6.07, 6.45) is 5.32. The van der Waals surface area contributed by atoms with Crippen molar-refractivity contribution in [2.24, 2.45) is 5.92 Å². The first-order valence-corrected chi connectivity index (χ1v) is 11.6. The Bertz CT molecular complexity index is 939. The molecule has 4 rings (SSSR count). The van der Waals surface area contributed by atoms with Gasteiger partial charge in [0.05, 0.1) is 19.3 Å². The van der Waals surface area contributed by atoms with Crippen molar-refractivity contribution in [2.75, 3.05) is 39.9 Å². The van der Waals surface area contributed by atoms with E-state index in [1.165, 1.54) is 6.42 Å². The molecule has 2 aliphatic rings. The zero-order valence-electron chi connectivity index (χ0n) is 18.8. The molecule has 0 aliphatic carbocycles. The Morgan fingerprint density at radius 1 is 0.906 bits per heavy atom. The molecule has 2 aromatic rings. The van der Waals surface area contributed by atoms with Gasteiger partial charge in [-0.25, -0.2) is 0 Å². The summed E-state index contributed by atoms with van der Waals surface area (Å²) in [5.74, 6) is 1.65. The molecule has 2 heterocycles. The third kappa shape index (κ3) is 5.23. The summed E-state index contributed by atoms with van der Waals surface area (Å²) in [7, 11) is 1.59. The number of hydrogen-bond donors (Lipinski definition) is 0. The van der Waals surface area contributed by atoms with Gasteiger partial charge in [0.15, 0.2) is 0 Å². The van der Waals surface area contributed by atoms with E-state index in [1.54, 1.807) is 7.11 Å². The van der Waals surface area contributed by atoms with Crippen molar-refractivity contribution < 1.29 is 19.1 Å². The van der Waals surface area contributed by atoms with Crippen molar-refractivity contribution in [2.45, 2.75) is 32.1 Å². The number of carbonyl (C=O) groups excluding carboxylic acids is 2. The second-order valence-electron chi connectivity index (χ2n) is 8.65. The normalized spacial score (nSPS) is 18.8. The predicted octanol–water partition coefficient (Wildman–Crippen LogP) is 4.25. The van der Waals surface area contributed by atoms with E-state index in [1.807, 2.05) is 58.3 Å². The van der Waals surface area contributed by atoms with Crippen LogP contribution in [-0.2, 0) is 0 Å². The molecule has 170 valence electrons. The van der Waals surface area contributed by atoms with Gasteiger partial charge < -0.3 is 19.3 Å². The quantitative estimate of drug-likeness (QED) is 0.679. The van der Waals surface area contributed by atoms with Gasteiger partial charge in [0.2, 0.25) is 0 Å². The lowest BCUT2D eigenvalue weighted by molar-refractivity contribution is 0.0628. The van der Waals surface area contributed by atoms with Crippen molar-refractivity contribution in [3.63, 3.8) is 0 Å². The number of methoxy groups -OCH3 is 1. The van der Waals surface area contributed by atoms with Crippen molar-refractivity contribution in [1.29, 1.82) is 0 Å². The highest BCUT2D eigenvalue weighted by Crippen LogP contribution is 2.25.